The third-order valence-electron chi connectivity index (χ3n) is 3.61. The summed E-state index contributed by atoms with van der Waals surface area (Å²) < 4.78 is 1.64. The van der Waals surface area contributed by atoms with Crippen LogP contribution in [0.3, 0.4) is 0 Å². The van der Waals surface area contributed by atoms with E-state index in [9.17, 15) is 14.4 Å². The Kier molecular flexibility index (Phi) is 7.34. The van der Waals surface area contributed by atoms with Gasteiger partial charge in [0.1, 0.15) is 5.15 Å². The standard InChI is InChI=1S/C19H22ClN5O3/c1-12(2)21-18(27)19(28)23-22-16(26)10-9-15-13(3)24-25(17(15)20)11-14-7-5-4-6-8-14/h4-10,12H,11H2,1-3H3,(H,21,27)(H,22,26)(H,23,28)/b10-9+. The molecule has 0 aliphatic rings. The molecule has 3 N–H and O–H groups in total. The molecule has 8 nitrogen and oxygen atoms in total. The molecule has 0 spiro atoms. The molecule has 28 heavy (non-hydrogen) atoms. The molecular formula is C19H22ClN5O3. The maximum absolute atomic E-state index is 11.9. The molecule has 0 saturated carbocycles. The second kappa shape index (κ2) is 9.70. The lowest BCUT2D eigenvalue weighted by molar-refractivity contribution is -0.140. The third-order valence-corrected chi connectivity index (χ3v) is 4.01. The number of rotatable bonds is 5. The van der Waals surface area contributed by atoms with Crippen molar-refractivity contribution in [1.29, 1.82) is 0 Å². The van der Waals surface area contributed by atoms with Crippen molar-refractivity contribution in [2.24, 2.45) is 0 Å². The number of hydrogen-bond donors (Lipinski definition) is 3. The maximum Gasteiger partial charge on any atom is 0.327 e. The second-order valence-corrected chi connectivity index (χ2v) is 6.70. The van der Waals surface area contributed by atoms with Crippen LogP contribution >= 0.6 is 11.6 Å². The van der Waals surface area contributed by atoms with Gasteiger partial charge in [-0.1, -0.05) is 41.9 Å². The highest BCUT2D eigenvalue weighted by Gasteiger charge is 2.15. The van der Waals surface area contributed by atoms with Gasteiger partial charge in [0.15, 0.2) is 0 Å². The van der Waals surface area contributed by atoms with Gasteiger partial charge in [-0.2, -0.15) is 5.10 Å². The average Bonchev–Trinajstić information content (AvgIpc) is 2.91. The highest BCUT2D eigenvalue weighted by atomic mass is 35.5. The number of halogens is 1. The number of carbonyl (C=O) groups is 3. The molecule has 0 aliphatic heterocycles. The number of nitrogens with zero attached hydrogens (tertiary/aromatic N) is 2. The van der Waals surface area contributed by atoms with E-state index in [-0.39, 0.29) is 6.04 Å². The Balaban J connectivity index is 1.97. The molecule has 1 aromatic carbocycles. The Morgan fingerprint density at radius 1 is 1.14 bits per heavy atom. The number of hydrazine groups is 1. The summed E-state index contributed by atoms with van der Waals surface area (Å²) in [5.41, 5.74) is 6.47. The molecule has 0 bridgehead atoms. The quantitative estimate of drug-likeness (QED) is 0.400. The number of hydrogen-bond acceptors (Lipinski definition) is 4. The highest BCUT2D eigenvalue weighted by Crippen LogP contribution is 2.22. The van der Waals surface area contributed by atoms with Crippen LogP contribution in [0.4, 0.5) is 0 Å². The van der Waals surface area contributed by atoms with Crippen LogP contribution in [0.25, 0.3) is 6.08 Å². The van der Waals surface area contributed by atoms with E-state index in [1.54, 1.807) is 25.5 Å². The molecule has 3 amide bonds. The Morgan fingerprint density at radius 3 is 2.46 bits per heavy atom. The van der Waals surface area contributed by atoms with Gasteiger partial charge in [-0.05, 0) is 32.4 Å². The van der Waals surface area contributed by atoms with Crippen LogP contribution in [-0.2, 0) is 20.9 Å². The summed E-state index contributed by atoms with van der Waals surface area (Å²) in [5, 5.41) is 7.19. The zero-order valence-electron chi connectivity index (χ0n) is 15.8. The number of carbonyl (C=O) groups excluding carboxylic acids is 3. The normalized spacial score (nSPS) is 10.9. The van der Waals surface area contributed by atoms with Gasteiger partial charge in [-0.15, -0.1) is 0 Å². The zero-order chi connectivity index (χ0) is 20.7. The summed E-state index contributed by atoms with van der Waals surface area (Å²) in [5.74, 6) is -2.40. The van der Waals surface area contributed by atoms with Gasteiger partial charge in [0, 0.05) is 17.7 Å². The van der Waals surface area contributed by atoms with Crippen LogP contribution in [0.5, 0.6) is 0 Å². The third kappa shape index (κ3) is 5.95. The number of aryl methyl sites for hydroxylation is 1. The van der Waals surface area contributed by atoms with Gasteiger partial charge >= 0.3 is 11.8 Å². The van der Waals surface area contributed by atoms with Crippen LogP contribution in [0.15, 0.2) is 36.4 Å². The molecule has 9 heteroatoms. The van der Waals surface area contributed by atoms with E-state index in [0.717, 1.165) is 5.56 Å². The molecule has 0 saturated heterocycles. The fourth-order valence-electron chi connectivity index (χ4n) is 2.32. The van der Waals surface area contributed by atoms with E-state index in [2.05, 4.69) is 15.8 Å². The number of benzene rings is 1. The summed E-state index contributed by atoms with van der Waals surface area (Å²) in [6, 6.07) is 9.53. The van der Waals surface area contributed by atoms with Crippen LogP contribution in [0.2, 0.25) is 5.15 Å². The molecule has 0 fully saturated rings. The summed E-state index contributed by atoms with van der Waals surface area (Å²) in [4.78, 5) is 34.9. The lowest BCUT2D eigenvalue weighted by Gasteiger charge is -2.08. The van der Waals surface area contributed by atoms with Crippen molar-refractivity contribution in [3.63, 3.8) is 0 Å². The minimum atomic E-state index is -0.958. The smallest absolute Gasteiger partial charge is 0.327 e. The van der Waals surface area contributed by atoms with Gasteiger partial charge in [0.05, 0.1) is 12.2 Å². The number of aromatic nitrogens is 2. The first-order valence-corrected chi connectivity index (χ1v) is 9.01. The van der Waals surface area contributed by atoms with E-state index in [0.29, 0.717) is 23.0 Å². The number of amides is 3. The lowest BCUT2D eigenvalue weighted by atomic mass is 10.2. The molecule has 0 atom stereocenters. The first-order chi connectivity index (χ1) is 13.3. The van der Waals surface area contributed by atoms with Gasteiger partial charge < -0.3 is 5.32 Å². The first kappa shape index (κ1) is 21.2. The Hall–Kier alpha value is -3.13. The number of nitrogens with one attached hydrogen (secondary N) is 3. The van der Waals surface area contributed by atoms with E-state index in [4.69, 9.17) is 11.6 Å². The minimum absolute atomic E-state index is 0.189. The van der Waals surface area contributed by atoms with Gasteiger partial charge in [0.2, 0.25) is 0 Å². The largest absolute Gasteiger partial charge is 0.346 e. The fraction of sp³-hybridized carbons (Fsp3) is 0.263. The van der Waals surface area contributed by atoms with Crippen molar-refractivity contribution in [3.8, 4) is 0 Å². The van der Waals surface area contributed by atoms with Gasteiger partial charge in [-0.25, -0.2) is 4.68 Å². The summed E-state index contributed by atoms with van der Waals surface area (Å²) in [6.45, 7) is 5.72. The SMILES string of the molecule is Cc1nn(Cc2ccccc2)c(Cl)c1/C=C/C(=O)NNC(=O)C(=O)NC(C)C. The van der Waals surface area contributed by atoms with Crippen LogP contribution in [-0.4, -0.2) is 33.5 Å². The minimum Gasteiger partial charge on any atom is -0.346 e. The zero-order valence-corrected chi connectivity index (χ0v) is 16.6. The highest BCUT2D eigenvalue weighted by molar-refractivity contribution is 6.35. The Bertz CT molecular complexity index is 890. The fourth-order valence-corrected chi connectivity index (χ4v) is 2.62. The molecule has 2 rings (SSSR count). The Labute approximate surface area is 167 Å². The van der Waals surface area contributed by atoms with Gasteiger partial charge in [-0.3, -0.25) is 25.2 Å². The van der Waals surface area contributed by atoms with Crippen LogP contribution in [0.1, 0.15) is 30.7 Å². The van der Waals surface area contributed by atoms with Crippen molar-refractivity contribution in [2.75, 3.05) is 0 Å². The van der Waals surface area contributed by atoms with Crippen molar-refractivity contribution in [1.82, 2.24) is 25.9 Å². The average molecular weight is 404 g/mol. The molecule has 2 aromatic rings. The second-order valence-electron chi connectivity index (χ2n) is 6.34. The summed E-state index contributed by atoms with van der Waals surface area (Å²) >= 11 is 6.38. The Morgan fingerprint density at radius 2 is 1.82 bits per heavy atom. The molecule has 0 aliphatic carbocycles. The monoisotopic (exact) mass is 403 g/mol. The van der Waals surface area contributed by atoms with Crippen molar-refractivity contribution < 1.29 is 14.4 Å². The van der Waals surface area contributed by atoms with Crippen LogP contribution < -0.4 is 16.2 Å². The van der Waals surface area contributed by atoms with Crippen molar-refractivity contribution in [3.05, 3.63) is 58.4 Å². The van der Waals surface area contributed by atoms with E-state index in [1.165, 1.54) is 12.2 Å². The summed E-state index contributed by atoms with van der Waals surface area (Å²) in [6.07, 6.45) is 2.70. The van der Waals surface area contributed by atoms with Crippen molar-refractivity contribution >= 4 is 35.4 Å². The summed E-state index contributed by atoms with van der Waals surface area (Å²) in [7, 11) is 0. The predicted molar refractivity (Wildman–Crippen MR) is 106 cm³/mol. The topological polar surface area (TPSA) is 105 Å². The molecule has 148 valence electrons. The van der Waals surface area contributed by atoms with Crippen LogP contribution in [0, 0.1) is 6.92 Å². The predicted octanol–water partition coefficient (Wildman–Crippen LogP) is 1.58. The lowest BCUT2D eigenvalue weighted by Crippen LogP contribution is -2.49. The van der Waals surface area contributed by atoms with E-state index in [1.807, 2.05) is 35.8 Å². The van der Waals surface area contributed by atoms with Crippen molar-refractivity contribution in [2.45, 2.75) is 33.4 Å². The molecule has 1 aromatic heterocycles. The van der Waals surface area contributed by atoms with E-state index < -0.39 is 17.7 Å². The first-order valence-electron chi connectivity index (χ1n) is 8.63. The maximum atomic E-state index is 11.9. The van der Waals surface area contributed by atoms with E-state index >= 15 is 0 Å². The molecular weight excluding hydrogens is 382 g/mol. The molecule has 1 heterocycles. The molecule has 0 radical (unpaired) electrons. The molecule has 0 unspecified atom stereocenters. The van der Waals surface area contributed by atoms with Gasteiger partial charge in [0.25, 0.3) is 5.91 Å².